The van der Waals surface area contributed by atoms with E-state index in [-0.39, 0.29) is 17.0 Å². The molecule has 1 aromatic carbocycles. The highest BCUT2D eigenvalue weighted by molar-refractivity contribution is 5.71. The highest BCUT2D eigenvalue weighted by Gasteiger charge is 2.13. The summed E-state index contributed by atoms with van der Waals surface area (Å²) < 4.78 is 4.55. The summed E-state index contributed by atoms with van der Waals surface area (Å²) in [7, 11) is 0. The van der Waals surface area contributed by atoms with E-state index in [0.29, 0.717) is 6.54 Å². The second kappa shape index (κ2) is 16.5. The Bertz CT molecular complexity index is 698. The lowest BCUT2D eigenvalue weighted by molar-refractivity contribution is -0.672. The van der Waals surface area contributed by atoms with E-state index < -0.39 is 0 Å². The highest BCUT2D eigenvalue weighted by Crippen LogP contribution is 2.14. The van der Waals surface area contributed by atoms with Gasteiger partial charge in [0.2, 0.25) is 6.33 Å². The van der Waals surface area contributed by atoms with Gasteiger partial charge < -0.3 is 17.0 Å². The smallest absolute Gasteiger partial charge is 0.245 e. The molecule has 0 aliphatic rings. The quantitative estimate of drug-likeness (QED) is 0.203. The Hall–Kier alpha value is -1.27. The van der Waals surface area contributed by atoms with Crippen LogP contribution in [0.2, 0.25) is 0 Å². The van der Waals surface area contributed by atoms with Crippen LogP contribution >= 0.6 is 0 Å². The van der Waals surface area contributed by atoms with Gasteiger partial charge in [-0.3, -0.25) is 0 Å². The molecule has 0 N–H and O–H groups in total. The highest BCUT2D eigenvalue weighted by atomic mass is 79.9. The summed E-state index contributed by atoms with van der Waals surface area (Å²) in [6.45, 7) is 4.03. The number of imidazole rings is 1. The maximum Gasteiger partial charge on any atom is 0.245 e. The zero-order valence-electron chi connectivity index (χ0n) is 18.6. The number of benzene rings is 1. The standard InChI is InChI=1S/C26H41N2.BrH/c1-3-5-6-7-8-9-10-11-12-13-14-15-16-19-23-28-24-27(22-4-2)25-20-17-18-21-26(25)28;/h2,17-18,20-21,24H,3,5-16,19,22-23H2,1H3;1H/q+1;/p-1. The lowest BCUT2D eigenvalue weighted by atomic mass is 10.0. The predicted octanol–water partition coefficient (Wildman–Crippen LogP) is 4.05. The first-order chi connectivity index (χ1) is 13.9. The van der Waals surface area contributed by atoms with Crippen LogP contribution in [0.4, 0.5) is 0 Å². The number of para-hydroxylation sites is 2. The summed E-state index contributed by atoms with van der Waals surface area (Å²) in [5.41, 5.74) is 2.54. The molecule has 0 saturated heterocycles. The van der Waals surface area contributed by atoms with Crippen molar-refractivity contribution in [1.82, 2.24) is 4.57 Å². The Kier molecular flexibility index (Phi) is 14.7. The van der Waals surface area contributed by atoms with Crippen LogP contribution in [0.5, 0.6) is 0 Å². The molecular weight excluding hydrogens is 420 g/mol. The number of terminal acetylenes is 1. The minimum Gasteiger partial charge on any atom is -1.00 e. The molecule has 0 unspecified atom stereocenters. The van der Waals surface area contributed by atoms with Crippen molar-refractivity contribution in [3.63, 3.8) is 0 Å². The molecule has 0 atom stereocenters. The molecule has 3 heteroatoms. The van der Waals surface area contributed by atoms with Crippen LogP contribution in [0.1, 0.15) is 96.8 Å². The molecule has 2 nitrogen and oxygen atoms in total. The van der Waals surface area contributed by atoms with Crippen molar-refractivity contribution in [2.24, 2.45) is 0 Å². The van der Waals surface area contributed by atoms with Gasteiger partial charge in [-0.1, -0.05) is 102 Å². The van der Waals surface area contributed by atoms with Crippen molar-refractivity contribution in [3.8, 4) is 12.3 Å². The number of rotatable bonds is 16. The maximum absolute atomic E-state index is 5.51. The third-order valence-corrected chi connectivity index (χ3v) is 5.79. The molecule has 162 valence electrons. The van der Waals surface area contributed by atoms with Crippen LogP contribution < -0.4 is 21.5 Å². The maximum atomic E-state index is 5.51. The van der Waals surface area contributed by atoms with E-state index in [4.69, 9.17) is 6.42 Å². The van der Waals surface area contributed by atoms with Gasteiger partial charge >= 0.3 is 0 Å². The van der Waals surface area contributed by atoms with Crippen molar-refractivity contribution in [2.75, 3.05) is 0 Å². The van der Waals surface area contributed by atoms with Crippen LogP contribution in [0.15, 0.2) is 30.6 Å². The number of hydrogen-bond acceptors (Lipinski definition) is 0. The number of nitrogens with zero attached hydrogens (tertiary/aromatic N) is 2. The Morgan fingerprint density at radius 1 is 0.793 bits per heavy atom. The van der Waals surface area contributed by atoms with Crippen LogP contribution in [0.3, 0.4) is 0 Å². The zero-order valence-corrected chi connectivity index (χ0v) is 20.1. The Morgan fingerprint density at radius 3 is 1.86 bits per heavy atom. The van der Waals surface area contributed by atoms with E-state index in [1.807, 2.05) is 0 Å². The van der Waals surface area contributed by atoms with E-state index >= 15 is 0 Å². The van der Waals surface area contributed by atoms with Crippen molar-refractivity contribution in [3.05, 3.63) is 30.6 Å². The van der Waals surface area contributed by atoms with Crippen molar-refractivity contribution < 1.29 is 21.5 Å². The zero-order chi connectivity index (χ0) is 19.9. The van der Waals surface area contributed by atoms with E-state index in [1.165, 1.54) is 101 Å². The van der Waals surface area contributed by atoms with Gasteiger partial charge in [0.25, 0.3) is 0 Å². The Labute approximate surface area is 189 Å². The average Bonchev–Trinajstić information content (AvgIpc) is 3.06. The molecule has 29 heavy (non-hydrogen) atoms. The van der Waals surface area contributed by atoms with Crippen LogP contribution in [0, 0.1) is 12.3 Å². The lowest BCUT2D eigenvalue weighted by Crippen LogP contribution is -3.00. The summed E-state index contributed by atoms with van der Waals surface area (Å²) in [5, 5.41) is 0. The molecule has 0 radical (unpaired) electrons. The largest absolute Gasteiger partial charge is 1.00 e. The van der Waals surface area contributed by atoms with Crippen LogP contribution in [0.25, 0.3) is 11.0 Å². The van der Waals surface area contributed by atoms with Crippen LogP contribution in [-0.4, -0.2) is 4.57 Å². The fraction of sp³-hybridized carbons (Fsp3) is 0.654. The van der Waals surface area contributed by atoms with Crippen molar-refractivity contribution in [2.45, 2.75) is 110 Å². The first kappa shape index (κ1) is 25.8. The van der Waals surface area contributed by atoms with Gasteiger partial charge in [-0.2, -0.15) is 0 Å². The number of hydrogen-bond donors (Lipinski definition) is 0. The second-order valence-electron chi connectivity index (χ2n) is 8.23. The molecule has 1 heterocycles. The molecule has 0 aliphatic carbocycles. The Morgan fingerprint density at radius 2 is 1.31 bits per heavy atom. The van der Waals surface area contributed by atoms with Crippen LogP contribution in [-0.2, 0) is 13.1 Å². The van der Waals surface area contributed by atoms with Gasteiger partial charge in [-0.15, -0.1) is 6.42 Å². The van der Waals surface area contributed by atoms with Gasteiger partial charge in [-0.05, 0) is 25.0 Å². The molecule has 0 fully saturated rings. The summed E-state index contributed by atoms with van der Waals surface area (Å²) >= 11 is 0. The molecule has 0 aliphatic heterocycles. The number of fused-ring (bicyclic) bond motifs is 1. The number of unbranched alkanes of at least 4 members (excludes halogenated alkanes) is 13. The minimum absolute atomic E-state index is 0. The van der Waals surface area contributed by atoms with Gasteiger partial charge in [0, 0.05) is 0 Å². The first-order valence-corrected chi connectivity index (χ1v) is 11.8. The first-order valence-electron chi connectivity index (χ1n) is 11.8. The van der Waals surface area contributed by atoms with Gasteiger partial charge in [0.1, 0.15) is 0 Å². The summed E-state index contributed by atoms with van der Waals surface area (Å²) in [6.07, 6.45) is 27.4. The molecule has 2 rings (SSSR count). The minimum atomic E-state index is 0. The van der Waals surface area contributed by atoms with E-state index in [9.17, 15) is 0 Å². The Balaban J connectivity index is 0.00000420. The summed E-state index contributed by atoms with van der Waals surface area (Å²) in [5.74, 6) is 2.76. The lowest BCUT2D eigenvalue weighted by Gasteiger charge is -2.03. The number of halogens is 1. The van der Waals surface area contributed by atoms with E-state index in [0.717, 1.165) is 6.54 Å². The number of aryl methyl sites for hydroxylation is 1. The van der Waals surface area contributed by atoms with Crippen molar-refractivity contribution in [1.29, 1.82) is 0 Å². The molecule has 0 spiro atoms. The third kappa shape index (κ3) is 9.85. The van der Waals surface area contributed by atoms with Gasteiger partial charge in [0.05, 0.1) is 6.54 Å². The molecule has 2 aromatic rings. The van der Waals surface area contributed by atoms with Crippen molar-refractivity contribution >= 4 is 11.0 Å². The molecule has 0 amide bonds. The van der Waals surface area contributed by atoms with Gasteiger partial charge in [0.15, 0.2) is 17.6 Å². The topological polar surface area (TPSA) is 8.81 Å². The van der Waals surface area contributed by atoms with E-state index in [1.54, 1.807) is 0 Å². The average molecular weight is 462 g/mol. The summed E-state index contributed by atoms with van der Waals surface area (Å²) in [4.78, 5) is 0. The molecule has 0 saturated carbocycles. The second-order valence-corrected chi connectivity index (χ2v) is 8.23. The summed E-state index contributed by atoms with van der Waals surface area (Å²) in [6, 6.07) is 8.57. The molecule has 1 aromatic heterocycles. The van der Waals surface area contributed by atoms with E-state index in [2.05, 4.69) is 52.6 Å². The normalized spacial score (nSPS) is 10.8. The number of aromatic nitrogens is 2. The fourth-order valence-corrected chi connectivity index (χ4v) is 4.12. The SMILES string of the molecule is C#CCn1c[n+](CCCCCCCCCCCCCCCC)c2ccccc21.[Br-]. The predicted molar refractivity (Wildman–Crippen MR) is 121 cm³/mol. The fourth-order valence-electron chi connectivity index (χ4n) is 4.12. The monoisotopic (exact) mass is 460 g/mol. The van der Waals surface area contributed by atoms with Gasteiger partial charge in [-0.25, -0.2) is 9.13 Å². The third-order valence-electron chi connectivity index (χ3n) is 5.79. The molecular formula is C26H41BrN2. The molecule has 0 bridgehead atoms.